The number of epoxide rings is 1. The van der Waals surface area contributed by atoms with Gasteiger partial charge >= 0.3 is 35.8 Å². The maximum Gasteiger partial charge on any atom is 0.326 e. The van der Waals surface area contributed by atoms with Gasteiger partial charge in [0.15, 0.2) is 23.5 Å². The number of carbonyl (C=O) groups excluding carboxylic acids is 3. The smallest absolute Gasteiger partial charge is 0.326 e. The van der Waals surface area contributed by atoms with Crippen LogP contribution in [-0.4, -0.2) is 197 Å². The monoisotopic (exact) mass is 991 g/mol. The van der Waals surface area contributed by atoms with Crippen LogP contribution in [0.25, 0.3) is 0 Å². The Bertz CT molecular complexity index is 2270. The number of carbonyl (C=O) groups is 3. The number of rotatable bonds is 21. The van der Waals surface area contributed by atoms with Crippen molar-refractivity contribution in [2.45, 2.75) is 97.8 Å². The van der Waals surface area contributed by atoms with Crippen LogP contribution < -0.4 is 15.4 Å². The lowest BCUT2D eigenvalue weighted by Crippen LogP contribution is -2.82. The Morgan fingerprint density at radius 1 is 0.754 bits per heavy atom. The van der Waals surface area contributed by atoms with Crippen LogP contribution in [0.1, 0.15) is 35.1 Å². The second-order valence-electron chi connectivity index (χ2n) is 16.1. The lowest BCUT2D eigenvalue weighted by molar-refractivity contribution is -0.462. The molecule has 2 saturated heterocycles. The van der Waals surface area contributed by atoms with Gasteiger partial charge in [-0.3, -0.25) is 9.59 Å². The minimum absolute atomic E-state index is 0.208. The SMILES string of the molecule is O=C(COc1c(C(O)(O)O)c(O)c(O)c(O)c1C(O)(O)O)CC(Cc1ccccc1)C(O)CC(Cc1ccccc1)NC(=O)C1(N2C(=O)NC(O)C(O)(O)C2(O)O)OC1OC(C(O)(O)O)C(O)(O)O. The summed E-state index contributed by atoms with van der Waals surface area (Å²) in [6.45, 7) is -1.33. The molecule has 6 unspecified atom stereocenters. The van der Waals surface area contributed by atoms with Gasteiger partial charge in [-0.05, 0) is 36.3 Å². The van der Waals surface area contributed by atoms with Crippen molar-refractivity contribution >= 4 is 17.7 Å². The number of ketones is 1. The van der Waals surface area contributed by atoms with E-state index < -0.39 is 154 Å². The van der Waals surface area contributed by atoms with Gasteiger partial charge in [-0.25, -0.2) is 9.69 Å². The zero-order chi connectivity index (χ0) is 52.0. The third-order valence-electron chi connectivity index (χ3n) is 10.8. The van der Waals surface area contributed by atoms with E-state index in [1.54, 1.807) is 36.4 Å². The number of benzene rings is 3. The summed E-state index contributed by atoms with van der Waals surface area (Å²) in [7, 11) is 0. The number of aliphatic hydroxyl groups is 18. The molecule has 69 heavy (non-hydrogen) atoms. The third kappa shape index (κ3) is 11.4. The number of aromatic hydroxyl groups is 3. The summed E-state index contributed by atoms with van der Waals surface area (Å²) in [6.07, 6.45) is -13.0. The molecule has 0 aromatic heterocycles. The number of ether oxygens (including phenoxy) is 3. The molecule has 3 aromatic rings. The summed E-state index contributed by atoms with van der Waals surface area (Å²) in [5, 5.41) is 217. The summed E-state index contributed by atoms with van der Waals surface area (Å²) in [5.41, 5.74) is -6.18. The third-order valence-corrected chi connectivity index (χ3v) is 10.8. The predicted molar refractivity (Wildman–Crippen MR) is 212 cm³/mol. The lowest BCUT2D eigenvalue weighted by atomic mass is 9.85. The number of Topliss-reactive ketones (excluding diaryl/α,β-unsaturated/α-hetero) is 1. The van der Waals surface area contributed by atoms with E-state index in [0.717, 1.165) is 0 Å². The van der Waals surface area contributed by atoms with Gasteiger partial charge < -0.3 is 132 Å². The van der Waals surface area contributed by atoms with E-state index >= 15 is 0 Å². The number of aliphatic hydroxyl groups excluding tert-OH is 2. The quantitative estimate of drug-likeness (QED) is 0.0268. The van der Waals surface area contributed by atoms with Crippen molar-refractivity contribution in [1.29, 1.82) is 0 Å². The highest BCUT2D eigenvalue weighted by molar-refractivity contribution is 5.93. The molecule has 6 atom stereocenters. The molecule has 2 fully saturated rings. The first kappa shape index (κ1) is 54.4. The molecular formula is C39H49N3O27. The fourth-order valence-electron chi connectivity index (χ4n) is 7.48. The summed E-state index contributed by atoms with van der Waals surface area (Å²) in [5.74, 6) is -37.1. The molecular weight excluding hydrogens is 942 g/mol. The van der Waals surface area contributed by atoms with E-state index in [-0.39, 0.29) is 12.8 Å². The van der Waals surface area contributed by atoms with Crippen LogP contribution in [0.4, 0.5) is 4.79 Å². The van der Waals surface area contributed by atoms with E-state index in [9.17, 15) is 122 Å². The number of hydrogen-bond acceptors (Lipinski definition) is 27. The van der Waals surface area contributed by atoms with Gasteiger partial charge in [0.25, 0.3) is 17.4 Å². The standard InChI is InChI=1S/C39H49N3O27/c43-20(15-67-27-22(35(53,54)55)24(45)26(47)25(46)23(27)36(56,57)58)13-18(11-16-7-3-1-4-8-16)21(44)14-19(12-17-9-5-2-6-10-17)40-29(48)33(31(69-33)68-28(37(59,60)61)38(62,63)64)42-32(50)41-30(49)34(51,52)39(42,65)66/h1-10,18-19,21,28,30-31,44-47,49,51-66H,11-15H2,(H,40,48)(H,41,50). The number of amides is 3. The van der Waals surface area contributed by atoms with Crippen LogP contribution >= 0.6 is 0 Å². The summed E-state index contributed by atoms with van der Waals surface area (Å²) in [6, 6.07) is 12.0. The molecule has 0 aliphatic carbocycles. The number of nitrogens with one attached hydrogen (secondary N) is 2. The van der Waals surface area contributed by atoms with Crippen LogP contribution in [0.3, 0.4) is 0 Å². The van der Waals surface area contributed by atoms with Gasteiger partial charge in [0, 0.05) is 12.5 Å². The van der Waals surface area contributed by atoms with E-state index in [4.69, 9.17) is 14.2 Å². The van der Waals surface area contributed by atoms with Gasteiger partial charge in [0.05, 0.1) is 6.10 Å². The first-order chi connectivity index (χ1) is 31.6. The van der Waals surface area contributed by atoms with Crippen LogP contribution in [-0.2, 0) is 43.9 Å². The van der Waals surface area contributed by atoms with Crippen molar-refractivity contribution in [3.05, 3.63) is 82.9 Å². The number of nitrogens with zero attached hydrogens (tertiary/aromatic N) is 1. The molecule has 0 saturated carbocycles. The average molecular weight is 992 g/mol. The van der Waals surface area contributed by atoms with Gasteiger partial charge in [0.2, 0.25) is 18.1 Å². The first-order valence-corrected chi connectivity index (χ1v) is 19.8. The summed E-state index contributed by atoms with van der Waals surface area (Å²) in [4.78, 5) is 40.8. The fourth-order valence-corrected chi connectivity index (χ4v) is 7.48. The van der Waals surface area contributed by atoms with Gasteiger partial charge in [0.1, 0.15) is 23.5 Å². The second-order valence-corrected chi connectivity index (χ2v) is 16.1. The molecule has 0 radical (unpaired) electrons. The van der Waals surface area contributed by atoms with E-state index in [0.29, 0.717) is 11.1 Å². The molecule has 0 spiro atoms. The van der Waals surface area contributed by atoms with Crippen LogP contribution in [0.15, 0.2) is 60.7 Å². The van der Waals surface area contributed by atoms with E-state index in [1.807, 2.05) is 0 Å². The topological polar surface area (TPSA) is 534 Å². The molecule has 2 heterocycles. The molecule has 3 amide bonds. The first-order valence-electron chi connectivity index (χ1n) is 19.8. The number of urea groups is 1. The zero-order valence-electron chi connectivity index (χ0n) is 35.1. The van der Waals surface area contributed by atoms with Crippen LogP contribution in [0.5, 0.6) is 23.0 Å². The Hall–Kier alpha value is -5.53. The molecule has 5 rings (SSSR count). The Morgan fingerprint density at radius 2 is 1.23 bits per heavy atom. The number of phenols is 3. The second kappa shape index (κ2) is 19.3. The summed E-state index contributed by atoms with van der Waals surface area (Å²) < 4.78 is 15.1. The molecule has 30 heteroatoms. The van der Waals surface area contributed by atoms with Crippen molar-refractivity contribution in [3.63, 3.8) is 0 Å². The summed E-state index contributed by atoms with van der Waals surface area (Å²) >= 11 is 0. The minimum atomic E-state index is -4.51. The Labute approximate surface area is 385 Å². The van der Waals surface area contributed by atoms with Crippen molar-refractivity contribution in [3.8, 4) is 23.0 Å². The maximum absolute atomic E-state index is 14.5. The van der Waals surface area contributed by atoms with Crippen LogP contribution in [0.2, 0.25) is 0 Å². The fraction of sp³-hybridized carbons (Fsp3) is 0.462. The maximum atomic E-state index is 14.5. The Morgan fingerprint density at radius 3 is 1.70 bits per heavy atom. The zero-order valence-corrected chi connectivity index (χ0v) is 35.1. The molecule has 2 aliphatic rings. The van der Waals surface area contributed by atoms with Crippen molar-refractivity contribution in [1.82, 2.24) is 15.5 Å². The highest BCUT2D eigenvalue weighted by Crippen LogP contribution is 2.53. The van der Waals surface area contributed by atoms with Crippen molar-refractivity contribution in [2.75, 3.05) is 6.61 Å². The highest BCUT2D eigenvalue weighted by atomic mass is 16.8. The highest BCUT2D eigenvalue weighted by Gasteiger charge is 2.80. The Kier molecular flexibility index (Phi) is 15.3. The average Bonchev–Trinajstić information content (AvgIpc) is 3.93. The molecule has 3 aromatic carbocycles. The minimum Gasteiger partial charge on any atom is -0.504 e. The normalized spacial score (nSPS) is 21.8. The van der Waals surface area contributed by atoms with Crippen LogP contribution in [0, 0.1) is 5.92 Å². The van der Waals surface area contributed by atoms with Crippen molar-refractivity contribution in [2.24, 2.45) is 5.92 Å². The molecule has 2 aliphatic heterocycles. The number of hydrogen-bond donors (Lipinski definition) is 23. The number of phenolic OH excluding ortho intramolecular Hbond substituents is 3. The van der Waals surface area contributed by atoms with Crippen molar-refractivity contribution < 1.29 is 136 Å². The van der Waals surface area contributed by atoms with Gasteiger partial charge in [-0.1, -0.05) is 60.7 Å². The van der Waals surface area contributed by atoms with E-state index in [2.05, 4.69) is 5.32 Å². The van der Waals surface area contributed by atoms with E-state index in [1.165, 1.54) is 29.6 Å². The lowest BCUT2D eigenvalue weighted by Gasteiger charge is -2.49. The molecule has 0 bridgehead atoms. The molecule has 23 N–H and O–H groups in total. The molecule has 30 nitrogen and oxygen atoms in total. The largest absolute Gasteiger partial charge is 0.504 e. The van der Waals surface area contributed by atoms with Gasteiger partial charge in [-0.2, -0.15) is 0 Å². The predicted octanol–water partition coefficient (Wildman–Crippen LogP) is -8.98. The Balaban J connectivity index is 1.52. The van der Waals surface area contributed by atoms with Gasteiger partial charge in [-0.15, -0.1) is 0 Å². The molecule has 382 valence electrons.